The molecule has 4 aromatic heterocycles. The molecular weight excluding hydrogens is 438 g/mol. The summed E-state index contributed by atoms with van der Waals surface area (Å²) in [6.45, 7) is 0. The van der Waals surface area contributed by atoms with Gasteiger partial charge in [-0.1, -0.05) is 35.1 Å². The van der Waals surface area contributed by atoms with E-state index in [4.69, 9.17) is 16.6 Å². The van der Waals surface area contributed by atoms with E-state index in [9.17, 15) is 0 Å². The van der Waals surface area contributed by atoms with Crippen molar-refractivity contribution in [1.82, 2.24) is 30.4 Å². The van der Waals surface area contributed by atoms with Gasteiger partial charge >= 0.3 is 0 Å². The molecule has 6 rings (SSSR count). The summed E-state index contributed by atoms with van der Waals surface area (Å²) in [7, 11) is 0. The Labute approximate surface area is 182 Å². The van der Waals surface area contributed by atoms with Crippen molar-refractivity contribution in [1.29, 1.82) is 0 Å². The molecule has 0 fully saturated rings. The number of hydrogen-bond acceptors (Lipinski definition) is 7. The fourth-order valence-corrected chi connectivity index (χ4v) is 5.02. The first-order valence-electron chi connectivity index (χ1n) is 9.01. The Morgan fingerprint density at radius 2 is 1.97 bits per heavy atom. The van der Waals surface area contributed by atoms with Gasteiger partial charge in [0, 0.05) is 10.9 Å². The van der Waals surface area contributed by atoms with E-state index >= 15 is 0 Å². The number of rotatable bonds is 4. The van der Waals surface area contributed by atoms with E-state index in [1.54, 1.807) is 17.5 Å². The molecule has 0 aliphatic heterocycles. The second-order valence-electron chi connectivity index (χ2n) is 6.56. The Bertz CT molecular complexity index is 1500. The Morgan fingerprint density at radius 1 is 1.00 bits per heavy atom. The summed E-state index contributed by atoms with van der Waals surface area (Å²) in [6, 6.07) is 13.9. The van der Waals surface area contributed by atoms with Crippen LogP contribution < -0.4 is 5.32 Å². The number of benzene rings is 2. The average molecular weight is 450 g/mol. The lowest BCUT2D eigenvalue weighted by atomic mass is 10.2. The minimum absolute atomic E-state index is 0.591. The molecule has 30 heavy (non-hydrogen) atoms. The summed E-state index contributed by atoms with van der Waals surface area (Å²) in [5.74, 6) is 0.857. The van der Waals surface area contributed by atoms with Gasteiger partial charge < -0.3 is 10.3 Å². The van der Waals surface area contributed by atoms with E-state index in [1.807, 2.05) is 41.8 Å². The van der Waals surface area contributed by atoms with E-state index < -0.39 is 0 Å². The molecule has 6 aromatic rings. The molecule has 3 N–H and O–H groups in total. The summed E-state index contributed by atoms with van der Waals surface area (Å²) in [5.41, 5.74) is 4.42. The summed E-state index contributed by atoms with van der Waals surface area (Å²) in [5, 5.41) is 23.8. The van der Waals surface area contributed by atoms with Gasteiger partial charge in [0.25, 0.3) is 0 Å². The molecule has 7 nitrogen and oxygen atoms in total. The number of aromatic amines is 2. The second-order valence-corrected chi connectivity index (χ2v) is 8.86. The Morgan fingerprint density at radius 3 is 2.87 bits per heavy atom. The Balaban J connectivity index is 1.37. The van der Waals surface area contributed by atoms with Gasteiger partial charge in [-0.15, -0.1) is 21.5 Å². The van der Waals surface area contributed by atoms with Crippen LogP contribution in [0.4, 0.5) is 10.8 Å². The average Bonchev–Trinajstić information content (AvgIpc) is 3.54. The molecule has 0 bridgehead atoms. The molecule has 10 heteroatoms. The number of thiophene rings is 1. The van der Waals surface area contributed by atoms with Crippen molar-refractivity contribution >= 4 is 67.0 Å². The van der Waals surface area contributed by atoms with Crippen molar-refractivity contribution in [2.45, 2.75) is 0 Å². The predicted octanol–water partition coefficient (Wildman–Crippen LogP) is 6.08. The van der Waals surface area contributed by atoms with Crippen LogP contribution in [0.3, 0.4) is 0 Å². The third kappa shape index (κ3) is 2.86. The molecule has 0 aliphatic carbocycles. The normalized spacial score (nSPS) is 11.5. The van der Waals surface area contributed by atoms with Crippen LogP contribution in [0, 0.1) is 0 Å². The fourth-order valence-electron chi connectivity index (χ4n) is 3.31. The molecule has 0 unspecified atom stereocenters. The van der Waals surface area contributed by atoms with E-state index in [-0.39, 0.29) is 0 Å². The number of aromatic nitrogens is 6. The first kappa shape index (κ1) is 17.6. The summed E-state index contributed by atoms with van der Waals surface area (Å²) >= 11 is 9.61. The van der Waals surface area contributed by atoms with E-state index in [0.717, 1.165) is 48.9 Å². The maximum absolute atomic E-state index is 6.51. The third-order valence-corrected chi connectivity index (χ3v) is 6.88. The summed E-state index contributed by atoms with van der Waals surface area (Å²) in [4.78, 5) is 9.30. The lowest BCUT2D eigenvalue weighted by molar-refractivity contribution is 1.10. The highest BCUT2D eigenvalue weighted by atomic mass is 35.5. The van der Waals surface area contributed by atoms with Gasteiger partial charge in [0.05, 0.1) is 38.3 Å². The Kier molecular flexibility index (Phi) is 4.05. The van der Waals surface area contributed by atoms with Gasteiger partial charge in [-0.05, 0) is 35.7 Å². The molecule has 4 heterocycles. The van der Waals surface area contributed by atoms with E-state index in [0.29, 0.717) is 10.2 Å². The highest BCUT2D eigenvalue weighted by Crippen LogP contribution is 2.36. The lowest BCUT2D eigenvalue weighted by Gasteiger charge is -2.05. The number of halogens is 1. The number of nitrogens with zero attached hydrogens (tertiary/aromatic N) is 4. The van der Waals surface area contributed by atoms with Crippen LogP contribution in [0.15, 0.2) is 54.0 Å². The van der Waals surface area contributed by atoms with Crippen LogP contribution in [0.1, 0.15) is 0 Å². The van der Waals surface area contributed by atoms with Crippen LogP contribution in [-0.4, -0.2) is 30.4 Å². The predicted molar refractivity (Wildman–Crippen MR) is 123 cm³/mol. The number of anilines is 2. The molecule has 0 amide bonds. The van der Waals surface area contributed by atoms with Crippen LogP contribution >= 0.6 is 34.3 Å². The lowest BCUT2D eigenvalue weighted by Crippen LogP contribution is -1.90. The van der Waals surface area contributed by atoms with Crippen LogP contribution in [-0.2, 0) is 0 Å². The zero-order valence-electron chi connectivity index (χ0n) is 15.2. The first-order valence-corrected chi connectivity index (χ1v) is 11.1. The van der Waals surface area contributed by atoms with Crippen molar-refractivity contribution in [3.63, 3.8) is 0 Å². The number of hydrogen-bond donors (Lipinski definition) is 3. The van der Waals surface area contributed by atoms with Gasteiger partial charge in [0.15, 0.2) is 5.01 Å². The third-order valence-electron chi connectivity index (χ3n) is 4.72. The van der Waals surface area contributed by atoms with E-state index in [2.05, 4.69) is 36.8 Å². The number of fused-ring (bicyclic) bond motifs is 2. The molecule has 0 saturated heterocycles. The fraction of sp³-hybridized carbons (Fsp3) is 0. The smallest absolute Gasteiger partial charge is 0.210 e. The molecule has 0 spiro atoms. The van der Waals surface area contributed by atoms with Crippen LogP contribution in [0.5, 0.6) is 0 Å². The monoisotopic (exact) mass is 449 g/mol. The molecule has 0 aliphatic rings. The maximum Gasteiger partial charge on any atom is 0.210 e. The number of imidazole rings is 1. The standard InChI is InChI=1S/C20H12ClN7S2/c21-16-11-9-22-26-12(11)6-7-13(16)24-20-28-27-19(30-20)10-3-1-4-14-17(10)25-18(23-14)15-5-2-8-29-15/h1-9H,(H,22,26)(H,23,25)(H,24,28). The quantitative estimate of drug-likeness (QED) is 0.303. The number of para-hydroxylation sites is 1. The zero-order chi connectivity index (χ0) is 20.1. The molecule has 146 valence electrons. The molecule has 2 aromatic carbocycles. The van der Waals surface area contributed by atoms with Gasteiger partial charge in [0.2, 0.25) is 5.13 Å². The van der Waals surface area contributed by atoms with Crippen LogP contribution in [0.2, 0.25) is 5.02 Å². The van der Waals surface area contributed by atoms with Crippen molar-refractivity contribution in [3.05, 3.63) is 59.1 Å². The second kappa shape index (κ2) is 6.91. The summed E-state index contributed by atoms with van der Waals surface area (Å²) in [6.07, 6.45) is 1.71. The Hall–Kier alpha value is -3.27. The molecule has 0 atom stereocenters. The summed E-state index contributed by atoms with van der Waals surface area (Å²) < 4.78 is 0. The van der Waals surface area contributed by atoms with E-state index in [1.165, 1.54) is 11.3 Å². The van der Waals surface area contributed by atoms with Crippen LogP contribution in [0.25, 0.3) is 43.2 Å². The van der Waals surface area contributed by atoms with Crippen molar-refractivity contribution in [2.75, 3.05) is 5.32 Å². The zero-order valence-corrected chi connectivity index (χ0v) is 17.6. The van der Waals surface area contributed by atoms with Crippen molar-refractivity contribution in [3.8, 4) is 21.3 Å². The highest BCUT2D eigenvalue weighted by Gasteiger charge is 2.15. The first-order chi connectivity index (χ1) is 14.8. The van der Waals surface area contributed by atoms with Gasteiger partial charge in [-0.25, -0.2) is 4.98 Å². The SMILES string of the molecule is Clc1c(Nc2nnc(-c3cccc4[nH]c(-c5cccs5)nc34)s2)ccc2[nH]ncc12. The van der Waals surface area contributed by atoms with Gasteiger partial charge in [0.1, 0.15) is 5.82 Å². The molecule has 0 saturated carbocycles. The van der Waals surface area contributed by atoms with Gasteiger partial charge in [-0.2, -0.15) is 5.10 Å². The molecular formula is C20H12ClN7S2. The minimum atomic E-state index is 0.591. The number of H-pyrrole nitrogens is 2. The topological polar surface area (TPSA) is 95.2 Å². The van der Waals surface area contributed by atoms with Gasteiger partial charge in [-0.3, -0.25) is 5.10 Å². The minimum Gasteiger partial charge on any atom is -0.337 e. The molecule has 0 radical (unpaired) electrons. The highest BCUT2D eigenvalue weighted by molar-refractivity contribution is 7.18. The van der Waals surface area contributed by atoms with Crippen molar-refractivity contribution in [2.24, 2.45) is 0 Å². The maximum atomic E-state index is 6.51. The van der Waals surface area contributed by atoms with Crippen molar-refractivity contribution < 1.29 is 0 Å². The largest absolute Gasteiger partial charge is 0.337 e. The number of nitrogens with one attached hydrogen (secondary N) is 3.